The minimum atomic E-state index is -0.441. The lowest BCUT2D eigenvalue weighted by Gasteiger charge is -2.00. The number of amides is 1. The maximum Gasteiger partial charge on any atom is 0.250 e. The van der Waals surface area contributed by atoms with Crippen LogP contribution in [-0.4, -0.2) is 20.5 Å². The molecule has 0 radical (unpaired) electrons. The Morgan fingerprint density at radius 2 is 2.03 bits per heavy atom. The van der Waals surface area contributed by atoms with E-state index >= 15 is 0 Å². The number of nitrogens with zero attached hydrogens (tertiary/aromatic N) is 3. The first kappa shape index (κ1) is 19.0. The molecule has 0 atom stereocenters. The van der Waals surface area contributed by atoms with Crippen LogP contribution in [0.5, 0.6) is 0 Å². The van der Waals surface area contributed by atoms with Gasteiger partial charge in [-0.15, -0.1) is 16.4 Å². The molecule has 0 spiro atoms. The van der Waals surface area contributed by atoms with Gasteiger partial charge in [0.15, 0.2) is 5.43 Å². The Bertz CT molecular complexity index is 1510. The summed E-state index contributed by atoms with van der Waals surface area (Å²) in [5, 5.41) is 9.47. The molecule has 2 aromatic carbocycles. The van der Waals surface area contributed by atoms with Crippen LogP contribution in [0, 0.1) is 6.92 Å². The number of aryl methyl sites for hydroxylation is 1. The number of benzene rings is 2. The van der Waals surface area contributed by atoms with Crippen LogP contribution in [0.15, 0.2) is 75.5 Å². The maximum atomic E-state index is 12.6. The Kier molecular flexibility index (Phi) is 4.68. The van der Waals surface area contributed by atoms with Crippen LogP contribution in [0.3, 0.4) is 0 Å². The number of fused-ring (bicyclic) bond motifs is 2. The van der Waals surface area contributed by atoms with Gasteiger partial charge in [0.05, 0.1) is 16.6 Å². The Hall–Kier alpha value is -4.04. The second-order valence-corrected chi connectivity index (χ2v) is 7.80. The zero-order chi connectivity index (χ0) is 21.4. The minimum Gasteiger partial charge on any atom is -0.463 e. The lowest BCUT2D eigenvalue weighted by molar-refractivity contribution is -0.111. The molecule has 5 aromatic rings. The molecular weight excluding hydrogens is 412 g/mol. The van der Waals surface area contributed by atoms with Crippen molar-refractivity contribution in [3.63, 3.8) is 0 Å². The molecule has 3 heterocycles. The average Bonchev–Trinajstić information content (AvgIpc) is 3.34. The minimum absolute atomic E-state index is 0.192. The molecule has 7 nitrogen and oxygen atoms in total. The van der Waals surface area contributed by atoms with Gasteiger partial charge in [-0.1, -0.05) is 42.0 Å². The first-order valence-corrected chi connectivity index (χ1v) is 10.4. The quantitative estimate of drug-likeness (QED) is 0.425. The third-order valence-corrected chi connectivity index (χ3v) is 5.57. The molecule has 0 bridgehead atoms. The van der Waals surface area contributed by atoms with Gasteiger partial charge in [0, 0.05) is 17.0 Å². The average molecular weight is 428 g/mol. The summed E-state index contributed by atoms with van der Waals surface area (Å²) in [6.45, 7) is 1.90. The van der Waals surface area contributed by atoms with Crippen LogP contribution >= 0.6 is 11.3 Å². The normalized spacial score (nSPS) is 11.5. The van der Waals surface area contributed by atoms with Gasteiger partial charge < -0.3 is 4.42 Å². The fraction of sp³-hybridized carbons (Fsp3) is 0.0435. The van der Waals surface area contributed by atoms with E-state index in [1.165, 1.54) is 29.8 Å². The van der Waals surface area contributed by atoms with Crippen LogP contribution in [-0.2, 0) is 4.79 Å². The lowest BCUT2D eigenvalue weighted by Crippen LogP contribution is -2.10. The summed E-state index contributed by atoms with van der Waals surface area (Å²) < 4.78 is 7.20. The molecule has 152 valence electrons. The van der Waals surface area contributed by atoms with Crippen molar-refractivity contribution in [1.29, 1.82) is 0 Å². The third kappa shape index (κ3) is 3.64. The number of nitrogens with one attached hydrogen (secondary N) is 1. The standard InChI is InChI=1S/C23H16N4O3S/c1-14-7-9-19-17(11-14)21(29)16(12-30-19)8-10-20(28)24-22-25-23-27(26-22)18(13-31-23)15-5-3-2-4-6-15/h2-13H,1H3,(H,24,26,28)/b10-8+. The van der Waals surface area contributed by atoms with Crippen molar-refractivity contribution in [2.24, 2.45) is 0 Å². The molecule has 0 saturated carbocycles. The highest BCUT2D eigenvalue weighted by Crippen LogP contribution is 2.25. The van der Waals surface area contributed by atoms with E-state index in [9.17, 15) is 9.59 Å². The number of carbonyl (C=O) groups excluding carboxylic acids is 1. The molecule has 5 rings (SSSR count). The van der Waals surface area contributed by atoms with Crippen LogP contribution < -0.4 is 10.7 Å². The molecule has 0 saturated heterocycles. The van der Waals surface area contributed by atoms with Gasteiger partial charge in [0.25, 0.3) is 11.9 Å². The van der Waals surface area contributed by atoms with Crippen molar-refractivity contribution in [3.05, 3.63) is 87.6 Å². The number of anilines is 1. The summed E-state index contributed by atoms with van der Waals surface area (Å²) in [4.78, 5) is 30.0. The zero-order valence-electron chi connectivity index (χ0n) is 16.4. The monoisotopic (exact) mass is 428 g/mol. The van der Waals surface area contributed by atoms with Gasteiger partial charge in [-0.2, -0.15) is 4.98 Å². The van der Waals surface area contributed by atoms with E-state index in [1.807, 2.05) is 48.7 Å². The summed E-state index contributed by atoms with van der Waals surface area (Å²) in [5.41, 5.74) is 3.47. The van der Waals surface area contributed by atoms with Gasteiger partial charge >= 0.3 is 0 Å². The SMILES string of the molecule is Cc1ccc2occ(/C=C/C(=O)Nc3nc4scc(-c5ccccc5)n4n3)c(=O)c2c1. The number of carbonyl (C=O) groups is 1. The molecule has 3 aromatic heterocycles. The molecule has 0 fully saturated rings. The molecule has 0 unspecified atom stereocenters. The fourth-order valence-corrected chi connectivity index (χ4v) is 4.07. The molecule has 1 N–H and O–H groups in total. The third-order valence-electron chi connectivity index (χ3n) is 4.76. The summed E-state index contributed by atoms with van der Waals surface area (Å²) in [5.74, 6) is -0.247. The van der Waals surface area contributed by atoms with Gasteiger partial charge in [0.2, 0.25) is 4.96 Å². The van der Waals surface area contributed by atoms with Crippen LogP contribution in [0.2, 0.25) is 0 Å². The van der Waals surface area contributed by atoms with Crippen molar-refractivity contribution >= 4 is 45.2 Å². The van der Waals surface area contributed by atoms with Gasteiger partial charge in [0.1, 0.15) is 11.8 Å². The molecule has 0 aliphatic carbocycles. The Morgan fingerprint density at radius 3 is 2.87 bits per heavy atom. The molecular formula is C23H16N4O3S. The van der Waals surface area contributed by atoms with Gasteiger partial charge in [-0.25, -0.2) is 4.52 Å². The fourth-order valence-electron chi connectivity index (χ4n) is 3.23. The molecule has 1 amide bonds. The van der Waals surface area contributed by atoms with Crippen molar-refractivity contribution in [2.75, 3.05) is 5.32 Å². The number of aromatic nitrogens is 3. The van der Waals surface area contributed by atoms with Crippen molar-refractivity contribution in [1.82, 2.24) is 14.6 Å². The summed E-state index contributed by atoms with van der Waals surface area (Å²) in [6, 6.07) is 15.2. The van der Waals surface area contributed by atoms with Gasteiger partial charge in [-0.3, -0.25) is 14.9 Å². The van der Waals surface area contributed by atoms with Gasteiger partial charge in [-0.05, 0) is 25.1 Å². The molecule has 0 aliphatic rings. The van der Waals surface area contributed by atoms with Crippen LogP contribution in [0.4, 0.5) is 5.95 Å². The first-order chi connectivity index (χ1) is 15.1. The van der Waals surface area contributed by atoms with E-state index in [0.717, 1.165) is 16.8 Å². The van der Waals surface area contributed by atoms with E-state index in [-0.39, 0.29) is 11.4 Å². The second kappa shape index (κ2) is 7.66. The summed E-state index contributed by atoms with van der Waals surface area (Å²) >= 11 is 1.44. The van der Waals surface area contributed by atoms with E-state index in [2.05, 4.69) is 15.4 Å². The van der Waals surface area contributed by atoms with E-state index < -0.39 is 5.91 Å². The Morgan fingerprint density at radius 1 is 1.19 bits per heavy atom. The zero-order valence-corrected chi connectivity index (χ0v) is 17.2. The molecule has 8 heteroatoms. The predicted molar refractivity (Wildman–Crippen MR) is 121 cm³/mol. The van der Waals surface area contributed by atoms with Crippen molar-refractivity contribution in [3.8, 4) is 11.3 Å². The highest BCUT2D eigenvalue weighted by Gasteiger charge is 2.12. The Balaban J connectivity index is 1.37. The van der Waals surface area contributed by atoms with Crippen molar-refractivity contribution in [2.45, 2.75) is 6.92 Å². The number of rotatable bonds is 4. The largest absolute Gasteiger partial charge is 0.463 e. The van der Waals surface area contributed by atoms with E-state index in [0.29, 0.717) is 21.5 Å². The molecule has 0 aliphatic heterocycles. The smallest absolute Gasteiger partial charge is 0.250 e. The number of hydrogen-bond acceptors (Lipinski definition) is 6. The van der Waals surface area contributed by atoms with Crippen LogP contribution in [0.1, 0.15) is 11.1 Å². The molecule has 31 heavy (non-hydrogen) atoms. The van der Waals surface area contributed by atoms with E-state index in [1.54, 1.807) is 16.6 Å². The van der Waals surface area contributed by atoms with Crippen LogP contribution in [0.25, 0.3) is 33.3 Å². The summed E-state index contributed by atoms with van der Waals surface area (Å²) in [7, 11) is 0. The van der Waals surface area contributed by atoms with Crippen molar-refractivity contribution < 1.29 is 9.21 Å². The summed E-state index contributed by atoms with van der Waals surface area (Å²) in [6.07, 6.45) is 4.04. The second-order valence-electron chi connectivity index (χ2n) is 6.96. The highest BCUT2D eigenvalue weighted by atomic mass is 32.1. The maximum absolute atomic E-state index is 12.6. The van der Waals surface area contributed by atoms with E-state index in [4.69, 9.17) is 4.42 Å². The number of thiazole rings is 1. The predicted octanol–water partition coefficient (Wildman–Crippen LogP) is 4.52. The lowest BCUT2D eigenvalue weighted by atomic mass is 10.1. The first-order valence-electron chi connectivity index (χ1n) is 9.49. The number of hydrogen-bond donors (Lipinski definition) is 1. The highest BCUT2D eigenvalue weighted by molar-refractivity contribution is 7.15. The Labute approximate surface area is 180 Å². The topological polar surface area (TPSA) is 89.5 Å².